The first kappa shape index (κ1) is 15.6. The van der Waals surface area contributed by atoms with Crippen molar-refractivity contribution >= 4 is 21.6 Å². The second-order valence-electron chi connectivity index (χ2n) is 4.60. The van der Waals surface area contributed by atoms with Gasteiger partial charge in [-0.1, -0.05) is 34.1 Å². The monoisotopic (exact) mass is 352 g/mol. The zero-order chi connectivity index (χ0) is 15.4. The highest BCUT2D eigenvalue weighted by Gasteiger charge is 2.20. The van der Waals surface area contributed by atoms with Crippen molar-refractivity contribution in [3.05, 3.63) is 74.0 Å². The van der Waals surface area contributed by atoms with Gasteiger partial charge in [0.25, 0.3) is 5.69 Å². The summed E-state index contributed by atoms with van der Waals surface area (Å²) in [6.07, 6.45) is 0.334. The molecule has 0 aromatic heterocycles. The first-order chi connectivity index (χ1) is 10.0. The molecule has 0 aliphatic carbocycles. The minimum Gasteiger partial charge on any atom is -0.313 e. The van der Waals surface area contributed by atoms with Gasteiger partial charge < -0.3 is 5.32 Å². The van der Waals surface area contributed by atoms with E-state index in [0.717, 1.165) is 4.47 Å². The van der Waals surface area contributed by atoms with Gasteiger partial charge in [-0.05, 0) is 31.7 Å². The van der Waals surface area contributed by atoms with E-state index in [9.17, 15) is 14.5 Å². The molecule has 2 aromatic carbocycles. The van der Waals surface area contributed by atoms with E-state index in [0.29, 0.717) is 17.5 Å². The third-order valence-electron chi connectivity index (χ3n) is 3.29. The molecule has 21 heavy (non-hydrogen) atoms. The number of nitrogens with one attached hydrogen (secondary N) is 1. The molecule has 0 aliphatic rings. The van der Waals surface area contributed by atoms with Gasteiger partial charge in [-0.25, -0.2) is 4.39 Å². The first-order valence-electron chi connectivity index (χ1n) is 6.37. The zero-order valence-electron chi connectivity index (χ0n) is 11.3. The van der Waals surface area contributed by atoms with Gasteiger partial charge in [-0.2, -0.15) is 0 Å². The molecule has 1 atom stereocenters. The number of nitro groups is 1. The summed E-state index contributed by atoms with van der Waals surface area (Å²) in [7, 11) is 1.71. The molecule has 4 nitrogen and oxygen atoms in total. The van der Waals surface area contributed by atoms with Crippen molar-refractivity contribution in [1.82, 2.24) is 5.32 Å². The van der Waals surface area contributed by atoms with Crippen LogP contribution in [0.1, 0.15) is 17.2 Å². The molecule has 0 aliphatic heterocycles. The molecule has 1 unspecified atom stereocenters. The van der Waals surface area contributed by atoms with Crippen LogP contribution >= 0.6 is 15.9 Å². The van der Waals surface area contributed by atoms with E-state index >= 15 is 0 Å². The fourth-order valence-electron chi connectivity index (χ4n) is 2.23. The van der Waals surface area contributed by atoms with Crippen molar-refractivity contribution in [3.8, 4) is 0 Å². The predicted molar refractivity (Wildman–Crippen MR) is 82.7 cm³/mol. The van der Waals surface area contributed by atoms with Gasteiger partial charge in [-0.3, -0.25) is 10.1 Å². The van der Waals surface area contributed by atoms with E-state index in [1.165, 1.54) is 12.1 Å². The lowest BCUT2D eigenvalue weighted by Crippen LogP contribution is -2.20. The molecule has 0 amide bonds. The van der Waals surface area contributed by atoms with Crippen LogP contribution in [0.2, 0.25) is 0 Å². The molecule has 1 N–H and O–H groups in total. The minimum absolute atomic E-state index is 0.0492. The third-order valence-corrected chi connectivity index (χ3v) is 3.79. The summed E-state index contributed by atoms with van der Waals surface area (Å²) in [5.74, 6) is -0.337. The summed E-state index contributed by atoms with van der Waals surface area (Å²) < 4.78 is 14.7. The molecule has 6 heteroatoms. The molecule has 110 valence electrons. The van der Waals surface area contributed by atoms with Crippen LogP contribution < -0.4 is 5.32 Å². The van der Waals surface area contributed by atoms with E-state index < -0.39 is 4.92 Å². The average molecular weight is 353 g/mol. The number of nitrogens with zero attached hydrogens (tertiary/aromatic N) is 1. The van der Waals surface area contributed by atoms with Crippen LogP contribution in [-0.2, 0) is 6.42 Å². The number of rotatable bonds is 5. The Balaban J connectivity index is 2.36. The number of nitro benzene ring substituents is 1. The zero-order valence-corrected chi connectivity index (χ0v) is 12.9. The van der Waals surface area contributed by atoms with Gasteiger partial charge in [0.05, 0.1) is 4.92 Å². The smallest absolute Gasteiger partial charge is 0.272 e. The normalized spacial score (nSPS) is 12.1. The van der Waals surface area contributed by atoms with Crippen molar-refractivity contribution < 1.29 is 9.31 Å². The van der Waals surface area contributed by atoms with Gasteiger partial charge in [-0.15, -0.1) is 0 Å². The van der Waals surface area contributed by atoms with Gasteiger partial charge >= 0.3 is 0 Å². The summed E-state index contributed by atoms with van der Waals surface area (Å²) in [5, 5.41) is 14.1. The highest BCUT2D eigenvalue weighted by Crippen LogP contribution is 2.27. The topological polar surface area (TPSA) is 55.2 Å². The van der Waals surface area contributed by atoms with Crippen molar-refractivity contribution in [2.24, 2.45) is 0 Å². The lowest BCUT2D eigenvalue weighted by Gasteiger charge is -2.18. The first-order valence-corrected chi connectivity index (χ1v) is 7.16. The Bertz CT molecular complexity index is 664. The summed E-state index contributed by atoms with van der Waals surface area (Å²) in [6, 6.07) is 10.9. The molecule has 0 radical (unpaired) electrons. The summed E-state index contributed by atoms with van der Waals surface area (Å²) in [5.41, 5.74) is 1.10. The Morgan fingerprint density at radius 1 is 1.33 bits per heavy atom. The van der Waals surface area contributed by atoms with Crippen LogP contribution in [0.25, 0.3) is 0 Å². The maximum absolute atomic E-state index is 14.0. The molecule has 0 saturated carbocycles. The van der Waals surface area contributed by atoms with Gasteiger partial charge in [0, 0.05) is 27.7 Å². The van der Waals surface area contributed by atoms with Crippen molar-refractivity contribution in [2.45, 2.75) is 12.5 Å². The molecule has 0 saturated heterocycles. The number of para-hydroxylation sites is 1. The van der Waals surface area contributed by atoms with Crippen LogP contribution in [0.4, 0.5) is 10.1 Å². The van der Waals surface area contributed by atoms with Gasteiger partial charge in [0.2, 0.25) is 0 Å². The number of halogens is 2. The standard InChI is InChI=1S/C15H14BrFN2O2/c1-18-14(12-9-11(16)6-7-13(12)17)8-10-4-2-3-5-15(10)19(20)21/h2-7,9,14,18H,8H2,1H3. The summed E-state index contributed by atoms with van der Waals surface area (Å²) in [6.45, 7) is 0. The third kappa shape index (κ3) is 3.65. The predicted octanol–water partition coefficient (Wildman–Crippen LogP) is 4.00. The Morgan fingerprint density at radius 3 is 2.71 bits per heavy atom. The number of likely N-dealkylation sites (N-methyl/N-ethyl adjacent to an activating group) is 1. The van der Waals surface area contributed by atoms with Crippen molar-refractivity contribution in [3.63, 3.8) is 0 Å². The fraction of sp³-hybridized carbons (Fsp3) is 0.200. The van der Waals surface area contributed by atoms with Crippen LogP contribution in [0.3, 0.4) is 0 Å². The molecule has 0 bridgehead atoms. The Kier molecular flexibility index (Phi) is 5.03. The van der Waals surface area contributed by atoms with Crippen LogP contribution in [0, 0.1) is 15.9 Å². The number of hydrogen-bond donors (Lipinski definition) is 1. The second kappa shape index (κ2) is 6.78. The molecule has 2 aromatic rings. The van der Waals surface area contributed by atoms with Crippen LogP contribution in [0.5, 0.6) is 0 Å². The van der Waals surface area contributed by atoms with Gasteiger partial charge in [0.15, 0.2) is 0 Å². The van der Waals surface area contributed by atoms with E-state index in [1.807, 2.05) is 0 Å². The lowest BCUT2D eigenvalue weighted by molar-refractivity contribution is -0.385. The Labute approximate surface area is 130 Å². The maximum atomic E-state index is 14.0. The number of hydrogen-bond acceptors (Lipinski definition) is 3. The van der Waals surface area contributed by atoms with Gasteiger partial charge in [0.1, 0.15) is 5.82 Å². The maximum Gasteiger partial charge on any atom is 0.272 e. The molecular formula is C15H14BrFN2O2. The van der Waals surface area contributed by atoms with Crippen molar-refractivity contribution in [1.29, 1.82) is 0 Å². The Hall–Kier alpha value is -1.79. The van der Waals surface area contributed by atoms with E-state index in [2.05, 4.69) is 21.2 Å². The van der Waals surface area contributed by atoms with E-state index in [1.54, 1.807) is 37.4 Å². The molecule has 2 rings (SSSR count). The summed E-state index contributed by atoms with van der Waals surface area (Å²) in [4.78, 5) is 10.6. The van der Waals surface area contributed by atoms with Crippen LogP contribution in [0.15, 0.2) is 46.9 Å². The molecule has 0 heterocycles. The molecular weight excluding hydrogens is 339 g/mol. The molecule has 0 fully saturated rings. The largest absolute Gasteiger partial charge is 0.313 e. The average Bonchev–Trinajstić information content (AvgIpc) is 2.47. The van der Waals surface area contributed by atoms with Crippen LogP contribution in [-0.4, -0.2) is 12.0 Å². The summed E-state index contributed by atoms with van der Waals surface area (Å²) >= 11 is 3.31. The number of benzene rings is 2. The Morgan fingerprint density at radius 2 is 2.05 bits per heavy atom. The van der Waals surface area contributed by atoms with E-state index in [4.69, 9.17) is 0 Å². The highest BCUT2D eigenvalue weighted by molar-refractivity contribution is 9.10. The quantitative estimate of drug-likeness (QED) is 0.653. The van der Waals surface area contributed by atoms with Crippen molar-refractivity contribution in [2.75, 3.05) is 7.05 Å². The highest BCUT2D eigenvalue weighted by atomic mass is 79.9. The molecule has 0 spiro atoms. The van der Waals surface area contributed by atoms with E-state index in [-0.39, 0.29) is 17.5 Å². The fourth-order valence-corrected chi connectivity index (χ4v) is 2.61. The SMILES string of the molecule is CNC(Cc1ccccc1[N+](=O)[O-])c1cc(Br)ccc1F. The lowest BCUT2D eigenvalue weighted by atomic mass is 9.97. The minimum atomic E-state index is -0.417. The second-order valence-corrected chi connectivity index (χ2v) is 5.51.